The lowest BCUT2D eigenvalue weighted by Crippen LogP contribution is -2.09. The zero-order chi connectivity index (χ0) is 9.61. The number of hydrogen-bond donors (Lipinski definition) is 0. The lowest BCUT2D eigenvalue weighted by molar-refractivity contribution is 0.326. The van der Waals surface area contributed by atoms with Crippen LogP contribution in [0.1, 0.15) is 0 Å². The Labute approximate surface area is 99.0 Å². The molecule has 0 aliphatic heterocycles. The van der Waals surface area contributed by atoms with Crippen molar-refractivity contribution in [1.82, 2.24) is 0 Å². The predicted octanol–water partition coefficient (Wildman–Crippen LogP) is 3.83. The van der Waals surface area contributed by atoms with Crippen molar-refractivity contribution in [3.63, 3.8) is 0 Å². The Hall–Kier alpha value is 1.73. The molecule has 0 rings (SSSR count). The van der Waals surface area contributed by atoms with Gasteiger partial charge >= 0.3 is 0 Å². The molecule has 0 aromatic heterocycles. The van der Waals surface area contributed by atoms with Gasteiger partial charge in [0.2, 0.25) is 7.37 Å². The van der Waals surface area contributed by atoms with Crippen LogP contribution in [-0.2, 0) is 9.09 Å². The van der Waals surface area contributed by atoms with Crippen molar-refractivity contribution in [3.8, 4) is 0 Å². The van der Waals surface area contributed by atoms with E-state index in [4.69, 9.17) is 27.7 Å². The Balaban J connectivity index is 3.81. The van der Waals surface area contributed by atoms with Crippen LogP contribution in [0.2, 0.25) is 0 Å². The molecular formula is C5H9Br2Cl2O2P. The first kappa shape index (κ1) is 13.7. The molecule has 0 aliphatic carbocycles. The highest BCUT2D eigenvalue weighted by molar-refractivity contribution is 9.12. The van der Waals surface area contributed by atoms with Gasteiger partial charge in [-0.3, -0.25) is 4.57 Å². The minimum absolute atomic E-state index is 0.0293. The molecule has 0 saturated carbocycles. The Morgan fingerprint density at radius 3 is 2.25 bits per heavy atom. The molecule has 0 fully saturated rings. The fourth-order valence-corrected chi connectivity index (χ4v) is 2.72. The second-order valence-corrected chi connectivity index (χ2v) is 7.84. The normalized spacial score (nSPS) is 14.7. The summed E-state index contributed by atoms with van der Waals surface area (Å²) >= 11 is 17.4. The molecule has 0 saturated heterocycles. The van der Waals surface area contributed by atoms with Crippen LogP contribution in [0.4, 0.5) is 0 Å². The lowest BCUT2D eigenvalue weighted by atomic mass is 10.5. The van der Waals surface area contributed by atoms with Crippen LogP contribution >= 0.6 is 62.4 Å². The summed E-state index contributed by atoms with van der Waals surface area (Å²) in [5.74, 6) is 0. The first-order chi connectivity index (χ1) is 5.58. The molecule has 7 heteroatoms. The quantitative estimate of drug-likeness (QED) is 0.530. The average molecular weight is 363 g/mol. The van der Waals surface area contributed by atoms with Crippen LogP contribution in [-0.4, -0.2) is 28.0 Å². The van der Waals surface area contributed by atoms with Gasteiger partial charge in [0, 0.05) is 10.2 Å². The maximum atomic E-state index is 11.4. The van der Waals surface area contributed by atoms with Gasteiger partial charge in [-0.25, -0.2) is 0 Å². The maximum absolute atomic E-state index is 11.4. The van der Waals surface area contributed by atoms with Crippen LogP contribution in [0.15, 0.2) is 0 Å². The Bertz CT molecular complexity index is 162. The van der Waals surface area contributed by atoms with E-state index in [1.54, 1.807) is 0 Å². The van der Waals surface area contributed by atoms with Gasteiger partial charge in [0.1, 0.15) is 11.2 Å². The van der Waals surface area contributed by atoms with Gasteiger partial charge < -0.3 is 4.52 Å². The third kappa shape index (κ3) is 5.46. The van der Waals surface area contributed by atoms with Gasteiger partial charge in [-0.2, -0.15) is 0 Å². The molecule has 0 bridgehead atoms. The number of alkyl halides is 4. The van der Waals surface area contributed by atoms with Crippen molar-refractivity contribution in [2.75, 3.05) is 23.2 Å². The first-order valence-electron chi connectivity index (χ1n) is 3.12. The molecule has 12 heavy (non-hydrogen) atoms. The van der Waals surface area contributed by atoms with Crippen LogP contribution in [0.25, 0.3) is 0 Å². The van der Waals surface area contributed by atoms with Crippen molar-refractivity contribution in [1.29, 1.82) is 0 Å². The molecule has 1 unspecified atom stereocenters. The molecule has 1 atom stereocenters. The van der Waals surface area contributed by atoms with E-state index in [1.807, 2.05) is 0 Å². The first-order valence-corrected chi connectivity index (χ1v) is 8.22. The summed E-state index contributed by atoms with van der Waals surface area (Å²) < 4.78 is 16.5. The van der Waals surface area contributed by atoms with Gasteiger partial charge in [0.25, 0.3) is 0 Å². The van der Waals surface area contributed by atoms with E-state index in [2.05, 4.69) is 31.9 Å². The highest BCUT2D eigenvalue weighted by Crippen LogP contribution is 2.48. The van der Waals surface area contributed by atoms with Crippen molar-refractivity contribution in [2.24, 2.45) is 0 Å². The SMILES string of the molecule is O=P(CCl)(CCl)OCC(Br)CBr. The zero-order valence-corrected chi connectivity index (χ0v) is 11.8. The molecule has 2 nitrogen and oxygen atoms in total. The highest BCUT2D eigenvalue weighted by atomic mass is 79.9. The van der Waals surface area contributed by atoms with Gasteiger partial charge in [0.15, 0.2) is 0 Å². The average Bonchev–Trinajstić information content (AvgIpc) is 2.13. The fourth-order valence-electron chi connectivity index (χ4n) is 0.362. The van der Waals surface area contributed by atoms with E-state index in [9.17, 15) is 4.57 Å². The van der Waals surface area contributed by atoms with Crippen molar-refractivity contribution >= 4 is 62.4 Å². The summed E-state index contributed by atoms with van der Waals surface area (Å²) in [4.78, 5) is 0.136. The minimum atomic E-state index is -2.77. The van der Waals surface area contributed by atoms with E-state index < -0.39 is 7.37 Å². The van der Waals surface area contributed by atoms with Gasteiger partial charge in [-0.15, -0.1) is 23.2 Å². The molecular weight excluding hydrogens is 354 g/mol. The Kier molecular flexibility index (Phi) is 8.10. The lowest BCUT2D eigenvalue weighted by Gasteiger charge is -2.14. The zero-order valence-electron chi connectivity index (χ0n) is 6.18. The summed E-state index contributed by atoms with van der Waals surface area (Å²) in [5.41, 5.74) is -0.0585. The molecule has 0 aliphatic rings. The molecule has 0 heterocycles. The molecule has 0 amide bonds. The highest BCUT2D eigenvalue weighted by Gasteiger charge is 2.21. The Morgan fingerprint density at radius 1 is 1.42 bits per heavy atom. The largest absolute Gasteiger partial charge is 0.326 e. The summed E-state index contributed by atoms with van der Waals surface area (Å²) in [6, 6.07) is 0. The van der Waals surface area contributed by atoms with Gasteiger partial charge in [-0.05, 0) is 0 Å². The monoisotopic (exact) mass is 360 g/mol. The number of halogens is 4. The van der Waals surface area contributed by atoms with E-state index >= 15 is 0 Å². The Morgan fingerprint density at radius 2 is 1.92 bits per heavy atom. The second kappa shape index (κ2) is 7.08. The predicted molar refractivity (Wildman–Crippen MR) is 61.5 cm³/mol. The van der Waals surface area contributed by atoms with E-state index in [0.717, 1.165) is 5.33 Å². The number of rotatable bonds is 6. The van der Waals surface area contributed by atoms with Gasteiger partial charge in [-0.1, -0.05) is 31.9 Å². The van der Waals surface area contributed by atoms with Crippen LogP contribution in [0.3, 0.4) is 0 Å². The minimum Gasteiger partial charge on any atom is -0.326 e. The standard InChI is InChI=1S/C5H9Br2Cl2O2P/c6-1-5(7)2-11-12(10,3-8)4-9/h5H,1-4H2. The molecule has 0 aromatic carbocycles. The van der Waals surface area contributed by atoms with Crippen LogP contribution < -0.4 is 0 Å². The third-order valence-electron chi connectivity index (χ3n) is 1.02. The number of hydrogen-bond acceptors (Lipinski definition) is 2. The summed E-state index contributed by atoms with van der Waals surface area (Å²) in [6.45, 7) is 0.349. The fraction of sp³-hybridized carbons (Fsp3) is 1.00. The maximum Gasteiger partial charge on any atom is 0.231 e. The van der Waals surface area contributed by atoms with Crippen molar-refractivity contribution < 1.29 is 9.09 Å². The third-order valence-corrected chi connectivity index (χ3v) is 6.79. The van der Waals surface area contributed by atoms with Crippen molar-refractivity contribution in [2.45, 2.75) is 4.83 Å². The van der Waals surface area contributed by atoms with E-state index in [0.29, 0.717) is 6.61 Å². The molecule has 0 radical (unpaired) electrons. The van der Waals surface area contributed by atoms with Crippen LogP contribution in [0.5, 0.6) is 0 Å². The van der Waals surface area contributed by atoms with E-state index in [1.165, 1.54) is 0 Å². The van der Waals surface area contributed by atoms with Crippen molar-refractivity contribution in [3.05, 3.63) is 0 Å². The molecule has 0 N–H and O–H groups in total. The second-order valence-electron chi connectivity index (χ2n) is 2.10. The topological polar surface area (TPSA) is 26.3 Å². The van der Waals surface area contributed by atoms with Gasteiger partial charge in [0.05, 0.1) is 6.61 Å². The summed E-state index contributed by atoms with van der Waals surface area (Å²) in [7, 11) is -2.77. The molecule has 74 valence electrons. The summed E-state index contributed by atoms with van der Waals surface area (Å²) in [5, 5.41) is 0.734. The smallest absolute Gasteiger partial charge is 0.231 e. The molecule has 0 aromatic rings. The molecule has 0 spiro atoms. The van der Waals surface area contributed by atoms with Crippen LogP contribution in [0, 0.1) is 0 Å². The summed E-state index contributed by atoms with van der Waals surface area (Å²) in [6.07, 6.45) is 0. The van der Waals surface area contributed by atoms with E-state index in [-0.39, 0.29) is 16.1 Å².